The zero-order chi connectivity index (χ0) is 15.7. The second-order valence-corrected chi connectivity index (χ2v) is 5.31. The molecule has 22 heavy (non-hydrogen) atoms. The van der Waals surface area contributed by atoms with Gasteiger partial charge in [0, 0.05) is 5.56 Å². The Balaban J connectivity index is 1.97. The van der Waals surface area contributed by atoms with Crippen molar-refractivity contribution in [3.8, 4) is 0 Å². The van der Waals surface area contributed by atoms with Crippen LogP contribution in [0.5, 0.6) is 0 Å². The zero-order valence-corrected chi connectivity index (χ0v) is 12.4. The quantitative estimate of drug-likeness (QED) is 0.848. The number of aliphatic imine (C=N–C) groups is 1. The number of hydrogen-bond acceptors (Lipinski definition) is 2. The maximum absolute atomic E-state index is 13.0. The Hall–Kier alpha value is -2.75. The Bertz CT molecular complexity index is 804. The average molecular weight is 294 g/mol. The number of amides is 1. The highest BCUT2D eigenvalue weighted by atomic mass is 19.1. The van der Waals surface area contributed by atoms with Crippen LogP contribution < -0.4 is 5.32 Å². The third-order valence-electron chi connectivity index (χ3n) is 3.54. The van der Waals surface area contributed by atoms with Crippen LogP contribution in [0.15, 0.2) is 53.2 Å². The van der Waals surface area contributed by atoms with Crippen LogP contribution in [0.4, 0.5) is 4.39 Å². The number of rotatable bonds is 2. The normalized spacial score (nSPS) is 15.9. The molecule has 3 nitrogen and oxygen atoms in total. The van der Waals surface area contributed by atoms with Crippen LogP contribution in [0.1, 0.15) is 22.3 Å². The smallest absolute Gasteiger partial charge is 0.275 e. The molecule has 2 aromatic carbocycles. The summed E-state index contributed by atoms with van der Waals surface area (Å²) in [6.45, 7) is 3.99. The Kier molecular flexibility index (Phi) is 3.59. The lowest BCUT2D eigenvalue weighted by molar-refractivity contribution is -0.115. The van der Waals surface area contributed by atoms with Crippen molar-refractivity contribution in [1.82, 2.24) is 5.32 Å². The third kappa shape index (κ3) is 2.81. The number of carbonyl (C=O) groups excluding carboxylic acids is 1. The molecule has 0 fully saturated rings. The average Bonchev–Trinajstić information content (AvgIpc) is 2.85. The first-order valence-electron chi connectivity index (χ1n) is 6.98. The minimum absolute atomic E-state index is 0.250. The van der Waals surface area contributed by atoms with Crippen LogP contribution in [-0.2, 0) is 4.79 Å². The second-order valence-electron chi connectivity index (χ2n) is 5.31. The first-order valence-corrected chi connectivity index (χ1v) is 6.98. The molecule has 0 spiro atoms. The number of nitrogens with zero attached hydrogens (tertiary/aromatic N) is 1. The van der Waals surface area contributed by atoms with E-state index in [0.29, 0.717) is 17.1 Å². The highest BCUT2D eigenvalue weighted by molar-refractivity contribution is 6.19. The van der Waals surface area contributed by atoms with Crippen LogP contribution in [0.3, 0.4) is 0 Å². The molecule has 0 atom stereocenters. The molecule has 0 aliphatic carbocycles. The van der Waals surface area contributed by atoms with Crippen molar-refractivity contribution in [2.75, 3.05) is 0 Å². The van der Waals surface area contributed by atoms with E-state index in [0.717, 1.165) is 16.7 Å². The fraction of sp³-hybridized carbons (Fsp3) is 0.111. The van der Waals surface area contributed by atoms with Gasteiger partial charge in [0.05, 0.1) is 0 Å². The molecule has 1 N–H and O–H groups in total. The second kappa shape index (κ2) is 5.56. The minimum Gasteiger partial charge on any atom is -0.305 e. The summed E-state index contributed by atoms with van der Waals surface area (Å²) < 4.78 is 13.0. The topological polar surface area (TPSA) is 41.5 Å². The van der Waals surface area contributed by atoms with E-state index in [1.807, 2.05) is 32.0 Å². The highest BCUT2D eigenvalue weighted by Crippen LogP contribution is 2.18. The van der Waals surface area contributed by atoms with Crippen LogP contribution in [0, 0.1) is 19.7 Å². The summed E-state index contributed by atoms with van der Waals surface area (Å²) in [7, 11) is 0. The molecule has 0 aromatic heterocycles. The first-order chi connectivity index (χ1) is 10.5. The fourth-order valence-electron chi connectivity index (χ4n) is 2.28. The van der Waals surface area contributed by atoms with Crippen molar-refractivity contribution in [1.29, 1.82) is 0 Å². The van der Waals surface area contributed by atoms with Gasteiger partial charge in [0.25, 0.3) is 5.91 Å². The van der Waals surface area contributed by atoms with Crippen molar-refractivity contribution in [3.05, 3.63) is 76.2 Å². The van der Waals surface area contributed by atoms with Crippen molar-refractivity contribution in [2.24, 2.45) is 4.99 Å². The molecule has 1 aliphatic heterocycles. The molecule has 1 amide bonds. The van der Waals surface area contributed by atoms with Crippen LogP contribution in [0.2, 0.25) is 0 Å². The van der Waals surface area contributed by atoms with Crippen LogP contribution >= 0.6 is 0 Å². The molecule has 0 saturated carbocycles. The molecule has 0 saturated heterocycles. The summed E-state index contributed by atoms with van der Waals surface area (Å²) in [5.74, 6) is -0.124. The Labute approximate surface area is 128 Å². The largest absolute Gasteiger partial charge is 0.305 e. The van der Waals surface area contributed by atoms with Gasteiger partial charge >= 0.3 is 0 Å². The Morgan fingerprint density at radius 3 is 2.55 bits per heavy atom. The summed E-state index contributed by atoms with van der Waals surface area (Å²) in [4.78, 5) is 16.4. The van der Waals surface area contributed by atoms with Gasteiger partial charge in [0.15, 0.2) is 0 Å². The third-order valence-corrected chi connectivity index (χ3v) is 3.54. The van der Waals surface area contributed by atoms with Crippen molar-refractivity contribution in [3.63, 3.8) is 0 Å². The van der Waals surface area contributed by atoms with E-state index in [1.54, 1.807) is 18.2 Å². The molecule has 0 bridgehead atoms. The molecule has 1 heterocycles. The van der Waals surface area contributed by atoms with Gasteiger partial charge in [-0.05, 0) is 55.3 Å². The number of hydrogen-bond donors (Lipinski definition) is 1. The standard InChI is InChI=1S/C18H15FN2O/c1-11-3-4-12(2)14(9-11)10-16-18(22)21-17(20-16)13-5-7-15(19)8-6-13/h3-10H,1-2H3,(H,20,21,22)/b16-10+. The van der Waals surface area contributed by atoms with Crippen LogP contribution in [0.25, 0.3) is 6.08 Å². The lowest BCUT2D eigenvalue weighted by Crippen LogP contribution is -2.24. The molecule has 3 rings (SSSR count). The van der Waals surface area contributed by atoms with Crippen molar-refractivity contribution in [2.45, 2.75) is 13.8 Å². The number of aryl methyl sites for hydroxylation is 2. The lowest BCUT2D eigenvalue weighted by atomic mass is 10.0. The Morgan fingerprint density at radius 2 is 1.82 bits per heavy atom. The van der Waals surface area contributed by atoms with Gasteiger partial charge in [-0.2, -0.15) is 0 Å². The van der Waals surface area contributed by atoms with Crippen molar-refractivity contribution < 1.29 is 9.18 Å². The van der Waals surface area contributed by atoms with Crippen molar-refractivity contribution >= 4 is 17.8 Å². The van der Waals surface area contributed by atoms with Gasteiger partial charge < -0.3 is 5.32 Å². The van der Waals surface area contributed by atoms with E-state index in [2.05, 4.69) is 10.3 Å². The summed E-state index contributed by atoms with van der Waals surface area (Å²) in [6.07, 6.45) is 1.77. The predicted molar refractivity (Wildman–Crippen MR) is 85.0 cm³/mol. The molecule has 0 radical (unpaired) electrons. The maximum Gasteiger partial charge on any atom is 0.275 e. The van der Waals surface area contributed by atoms with E-state index in [9.17, 15) is 9.18 Å². The molecule has 1 aliphatic rings. The predicted octanol–water partition coefficient (Wildman–Crippen LogP) is 3.36. The van der Waals surface area contributed by atoms with Gasteiger partial charge in [-0.15, -0.1) is 0 Å². The van der Waals surface area contributed by atoms with Gasteiger partial charge in [-0.1, -0.05) is 23.8 Å². The summed E-state index contributed by atoms with van der Waals surface area (Å²) in [5, 5.41) is 2.71. The number of halogens is 1. The number of amidine groups is 1. The van der Waals surface area contributed by atoms with Gasteiger partial charge in [0.1, 0.15) is 17.3 Å². The lowest BCUT2D eigenvalue weighted by Gasteiger charge is -2.02. The van der Waals surface area contributed by atoms with E-state index < -0.39 is 0 Å². The monoisotopic (exact) mass is 294 g/mol. The van der Waals surface area contributed by atoms with Gasteiger partial charge in [-0.25, -0.2) is 9.38 Å². The highest BCUT2D eigenvalue weighted by Gasteiger charge is 2.21. The summed E-state index contributed by atoms with van der Waals surface area (Å²) in [5.41, 5.74) is 4.20. The van der Waals surface area contributed by atoms with Gasteiger partial charge in [-0.3, -0.25) is 4.79 Å². The van der Waals surface area contributed by atoms with Gasteiger partial charge in [0.2, 0.25) is 0 Å². The SMILES string of the molecule is Cc1ccc(C)c(/C=C2/N=C(c3ccc(F)cc3)NC2=O)c1. The molecule has 4 heteroatoms. The molecule has 110 valence electrons. The fourth-order valence-corrected chi connectivity index (χ4v) is 2.28. The summed E-state index contributed by atoms with van der Waals surface area (Å²) in [6, 6.07) is 11.9. The number of benzene rings is 2. The zero-order valence-electron chi connectivity index (χ0n) is 12.4. The van der Waals surface area contributed by atoms with E-state index in [4.69, 9.17) is 0 Å². The van der Waals surface area contributed by atoms with E-state index in [1.165, 1.54) is 12.1 Å². The Morgan fingerprint density at radius 1 is 1.09 bits per heavy atom. The maximum atomic E-state index is 13.0. The number of carbonyl (C=O) groups is 1. The van der Waals surface area contributed by atoms with E-state index >= 15 is 0 Å². The first kappa shape index (κ1) is 14.2. The molecule has 0 unspecified atom stereocenters. The number of nitrogens with one attached hydrogen (secondary N) is 1. The molecular weight excluding hydrogens is 279 g/mol. The molecular formula is C18H15FN2O. The minimum atomic E-state index is -0.320. The van der Waals surface area contributed by atoms with E-state index in [-0.39, 0.29) is 11.7 Å². The van der Waals surface area contributed by atoms with Crippen LogP contribution in [-0.4, -0.2) is 11.7 Å². The molecule has 2 aromatic rings. The summed E-state index contributed by atoms with van der Waals surface area (Å²) >= 11 is 0.